The molecule has 0 aliphatic rings. The van der Waals surface area contributed by atoms with Crippen LogP contribution in [0.1, 0.15) is 0 Å². The molecule has 40 valence electrons. The summed E-state index contributed by atoms with van der Waals surface area (Å²) in [6.07, 6.45) is 1.43. The molecule has 7 heavy (non-hydrogen) atoms. The van der Waals surface area contributed by atoms with Crippen LogP contribution in [0.3, 0.4) is 0 Å². The van der Waals surface area contributed by atoms with E-state index in [-0.39, 0.29) is 6.61 Å². The minimum absolute atomic E-state index is 0.0833. The fourth-order valence-corrected chi connectivity index (χ4v) is 0. The van der Waals surface area contributed by atoms with Crippen molar-refractivity contribution in [2.75, 3.05) is 6.61 Å². The molecule has 0 radical (unpaired) electrons. The first-order valence-corrected chi connectivity index (χ1v) is 2.82. The van der Waals surface area contributed by atoms with Crippen molar-refractivity contribution in [3.8, 4) is 0 Å². The Labute approximate surface area is 50.6 Å². The van der Waals surface area contributed by atoms with Crippen molar-refractivity contribution >= 4 is 0 Å². The second kappa shape index (κ2) is 16.6. The summed E-state index contributed by atoms with van der Waals surface area (Å²) in [4.78, 5) is 0. The molecule has 3 nitrogen and oxygen atoms in total. The van der Waals surface area contributed by atoms with Crippen molar-refractivity contribution in [3.63, 3.8) is 0 Å². The topological polar surface area (TPSA) is 54.4 Å². The molecule has 0 amide bonds. The Morgan fingerprint density at radius 3 is 1.86 bits per heavy atom. The summed E-state index contributed by atoms with van der Waals surface area (Å²) >= 11 is -2.00. The molecule has 0 atom stereocenters. The fourth-order valence-electron chi connectivity index (χ4n) is 0. The first-order chi connectivity index (χ1) is 3.33. The van der Waals surface area contributed by atoms with Gasteiger partial charge in [-0.15, -0.1) is 6.58 Å². The minimum atomic E-state index is -2.00. The van der Waals surface area contributed by atoms with Crippen LogP contribution in [0, 0.1) is 0 Å². The van der Waals surface area contributed by atoms with Crippen LogP contribution in [0.5, 0.6) is 0 Å². The van der Waals surface area contributed by atoms with Crippen molar-refractivity contribution in [2.45, 2.75) is 0 Å². The van der Waals surface area contributed by atoms with Crippen molar-refractivity contribution in [1.29, 1.82) is 0 Å². The normalized spacial score (nSPS) is 4.71. The molecule has 0 heterocycles. The maximum atomic E-state index is 8.50. The zero-order valence-corrected chi connectivity index (χ0v) is 5.32. The van der Waals surface area contributed by atoms with E-state index in [9.17, 15) is 0 Å². The van der Waals surface area contributed by atoms with E-state index in [2.05, 4.69) is 6.58 Å². The molecule has 0 aromatic carbocycles. The van der Waals surface area contributed by atoms with Crippen LogP contribution >= 0.6 is 0 Å². The Morgan fingerprint density at radius 1 is 1.71 bits per heavy atom. The van der Waals surface area contributed by atoms with Gasteiger partial charge in [-0.2, -0.15) is 0 Å². The molecular weight excluding hydrogens is 132 g/mol. The van der Waals surface area contributed by atoms with Crippen molar-refractivity contribution < 1.29 is 30.8 Å². The number of rotatable bonds is 1. The second-order valence-electron chi connectivity index (χ2n) is 0.555. The summed E-state index contributed by atoms with van der Waals surface area (Å²) in [5.74, 6) is 0. The van der Waals surface area contributed by atoms with Gasteiger partial charge < -0.3 is 5.11 Å². The van der Waals surface area contributed by atoms with Crippen molar-refractivity contribution in [1.82, 2.24) is 0 Å². The van der Waals surface area contributed by atoms with E-state index in [1.807, 2.05) is 0 Å². The molecular formula is C3H6O3Ti. The Morgan fingerprint density at radius 2 is 1.86 bits per heavy atom. The SMILES string of the molecule is C=CCO.[O]=[Ti]=[O]. The van der Waals surface area contributed by atoms with E-state index in [1.165, 1.54) is 6.08 Å². The summed E-state index contributed by atoms with van der Waals surface area (Å²) in [5, 5.41) is 7.76. The van der Waals surface area contributed by atoms with Crippen LogP contribution in [0.2, 0.25) is 0 Å². The van der Waals surface area contributed by atoms with Crippen LogP contribution in [0.15, 0.2) is 12.7 Å². The van der Waals surface area contributed by atoms with E-state index < -0.39 is 19.1 Å². The summed E-state index contributed by atoms with van der Waals surface area (Å²) < 4.78 is 17.0. The fraction of sp³-hybridized carbons (Fsp3) is 0.333. The van der Waals surface area contributed by atoms with Gasteiger partial charge in [0.1, 0.15) is 0 Å². The molecule has 0 saturated carbocycles. The molecule has 0 aromatic heterocycles. The van der Waals surface area contributed by atoms with Crippen LogP contribution in [0.25, 0.3) is 0 Å². The summed E-state index contributed by atoms with van der Waals surface area (Å²) in [7, 11) is 0. The molecule has 0 saturated heterocycles. The Balaban J connectivity index is 0. The number of aliphatic hydroxyl groups excluding tert-OH is 1. The third-order valence-electron chi connectivity index (χ3n) is 0.129. The van der Waals surface area contributed by atoms with E-state index in [0.717, 1.165) is 0 Å². The predicted molar refractivity (Wildman–Crippen MR) is 18.7 cm³/mol. The van der Waals surface area contributed by atoms with Gasteiger partial charge in [0.2, 0.25) is 0 Å². The van der Waals surface area contributed by atoms with Gasteiger partial charge in [-0.25, -0.2) is 0 Å². The molecule has 0 spiro atoms. The first-order valence-electron chi connectivity index (χ1n) is 1.54. The van der Waals surface area contributed by atoms with Gasteiger partial charge in [0.05, 0.1) is 6.61 Å². The number of aliphatic hydroxyl groups is 1. The first kappa shape index (κ1) is 10.1. The molecule has 0 aliphatic heterocycles. The van der Waals surface area contributed by atoms with E-state index >= 15 is 0 Å². The average molecular weight is 138 g/mol. The molecule has 0 rings (SSSR count). The van der Waals surface area contributed by atoms with E-state index in [4.69, 9.17) is 11.8 Å². The van der Waals surface area contributed by atoms with Crippen LogP contribution in [0.4, 0.5) is 0 Å². The predicted octanol–water partition coefficient (Wildman–Crippen LogP) is -0.0754. The number of hydrogen-bond donors (Lipinski definition) is 1. The zero-order chi connectivity index (χ0) is 6.12. The van der Waals surface area contributed by atoms with Gasteiger partial charge in [0, 0.05) is 0 Å². The molecule has 1 N–H and O–H groups in total. The van der Waals surface area contributed by atoms with Gasteiger partial charge >= 0.3 is 25.7 Å². The zero-order valence-electron chi connectivity index (χ0n) is 3.76. The Bertz CT molecular complexity index is 64.6. The quantitative estimate of drug-likeness (QED) is 0.407. The molecule has 0 bridgehead atoms. The van der Waals surface area contributed by atoms with Gasteiger partial charge in [0.15, 0.2) is 0 Å². The summed E-state index contributed by atoms with van der Waals surface area (Å²) in [6, 6.07) is 0. The second-order valence-corrected chi connectivity index (χ2v) is 0.815. The Hall–Kier alpha value is 0.0143. The van der Waals surface area contributed by atoms with Gasteiger partial charge in [0.25, 0.3) is 0 Å². The number of hydrogen-bond acceptors (Lipinski definition) is 3. The van der Waals surface area contributed by atoms with Crippen LogP contribution in [-0.4, -0.2) is 11.7 Å². The standard InChI is InChI=1S/C3H6O.2O.Ti/c1-2-3-4;;;/h2,4H,1,3H2;;;. The van der Waals surface area contributed by atoms with Gasteiger partial charge in [-0.05, 0) is 0 Å². The van der Waals surface area contributed by atoms with Gasteiger partial charge in [-0.3, -0.25) is 0 Å². The Kier molecular flexibility index (Phi) is 24.0. The van der Waals surface area contributed by atoms with Crippen molar-refractivity contribution in [2.24, 2.45) is 0 Å². The van der Waals surface area contributed by atoms with Crippen LogP contribution in [-0.2, 0) is 25.7 Å². The van der Waals surface area contributed by atoms with Crippen LogP contribution < -0.4 is 0 Å². The molecule has 0 aromatic rings. The monoisotopic (exact) mass is 138 g/mol. The summed E-state index contributed by atoms with van der Waals surface area (Å²) in [6.45, 7) is 3.31. The molecule has 0 fully saturated rings. The van der Waals surface area contributed by atoms with Gasteiger partial charge in [-0.1, -0.05) is 6.08 Å². The summed E-state index contributed by atoms with van der Waals surface area (Å²) in [5.41, 5.74) is 0. The van der Waals surface area contributed by atoms with E-state index in [0.29, 0.717) is 0 Å². The average Bonchev–Trinajstić information content (AvgIpc) is 1.69. The van der Waals surface area contributed by atoms with Crippen molar-refractivity contribution in [3.05, 3.63) is 12.7 Å². The maximum absolute atomic E-state index is 8.50. The van der Waals surface area contributed by atoms with E-state index in [1.54, 1.807) is 0 Å². The molecule has 0 aliphatic carbocycles. The third kappa shape index (κ3) is 94.2. The molecule has 0 unspecified atom stereocenters. The molecule has 4 heteroatoms. The third-order valence-corrected chi connectivity index (χ3v) is 0.129.